The van der Waals surface area contributed by atoms with Crippen molar-refractivity contribution in [1.29, 1.82) is 0 Å². The van der Waals surface area contributed by atoms with E-state index in [0.29, 0.717) is 12.0 Å². The Hall–Kier alpha value is -1.59. The first-order valence-electron chi connectivity index (χ1n) is 10.7. The van der Waals surface area contributed by atoms with Crippen LogP contribution in [0, 0.1) is 5.92 Å². The van der Waals surface area contributed by atoms with Crippen molar-refractivity contribution in [1.82, 2.24) is 20.4 Å². The number of nitrogens with one attached hydrogen (secondary N) is 2. The Morgan fingerprint density at radius 3 is 2.59 bits per heavy atom. The Labute approximate surface area is 165 Å². The summed E-state index contributed by atoms with van der Waals surface area (Å²) < 4.78 is 0. The fourth-order valence-corrected chi connectivity index (χ4v) is 4.23. The van der Waals surface area contributed by atoms with Gasteiger partial charge >= 0.3 is 0 Å². The molecule has 5 heteroatoms. The normalized spacial score (nSPS) is 23.3. The summed E-state index contributed by atoms with van der Waals surface area (Å²) in [6.07, 6.45) is 4.98. The molecule has 2 saturated heterocycles. The zero-order chi connectivity index (χ0) is 18.9. The molecular formula is C22H37N5. The lowest BCUT2D eigenvalue weighted by Crippen LogP contribution is -2.48. The van der Waals surface area contributed by atoms with Crippen LogP contribution in [0.1, 0.15) is 38.2 Å². The van der Waals surface area contributed by atoms with Crippen LogP contribution in [-0.4, -0.2) is 68.1 Å². The van der Waals surface area contributed by atoms with Crippen molar-refractivity contribution >= 4 is 5.96 Å². The van der Waals surface area contributed by atoms with Crippen molar-refractivity contribution in [2.75, 3.05) is 46.3 Å². The van der Waals surface area contributed by atoms with E-state index >= 15 is 0 Å². The highest BCUT2D eigenvalue weighted by Gasteiger charge is 2.21. The molecule has 27 heavy (non-hydrogen) atoms. The molecule has 1 atom stereocenters. The first kappa shape index (κ1) is 20.2. The van der Waals surface area contributed by atoms with E-state index in [1.807, 2.05) is 0 Å². The molecule has 3 rings (SSSR count). The van der Waals surface area contributed by atoms with E-state index < -0.39 is 0 Å². The number of nitrogens with zero attached hydrogens (tertiary/aromatic N) is 3. The standard InChI is InChI=1S/C22H37N5/c1-3-23-22(24-16-20-10-7-13-26(2)17-20)25-21-11-14-27(15-12-21)18-19-8-5-4-6-9-19/h4-6,8-9,20-21H,3,7,10-18H2,1-2H3,(H2,23,24,25). The van der Waals surface area contributed by atoms with Crippen LogP contribution in [-0.2, 0) is 6.54 Å². The number of guanidine groups is 1. The van der Waals surface area contributed by atoms with Gasteiger partial charge < -0.3 is 15.5 Å². The molecule has 1 unspecified atom stereocenters. The molecule has 1 aromatic carbocycles. The van der Waals surface area contributed by atoms with Crippen LogP contribution in [0.5, 0.6) is 0 Å². The number of hydrogen-bond acceptors (Lipinski definition) is 3. The molecule has 0 bridgehead atoms. The van der Waals surface area contributed by atoms with E-state index in [-0.39, 0.29) is 0 Å². The molecule has 2 aliphatic rings. The molecule has 2 N–H and O–H groups in total. The molecule has 2 aliphatic heterocycles. The van der Waals surface area contributed by atoms with E-state index in [2.05, 4.69) is 64.7 Å². The lowest BCUT2D eigenvalue weighted by molar-refractivity contribution is 0.198. The lowest BCUT2D eigenvalue weighted by Gasteiger charge is -2.33. The summed E-state index contributed by atoms with van der Waals surface area (Å²) in [5.74, 6) is 1.71. The number of hydrogen-bond donors (Lipinski definition) is 2. The van der Waals surface area contributed by atoms with Crippen LogP contribution in [0.25, 0.3) is 0 Å². The average Bonchev–Trinajstić information content (AvgIpc) is 2.69. The predicted octanol–water partition coefficient (Wildman–Crippen LogP) is 2.55. The second kappa shape index (κ2) is 10.7. The van der Waals surface area contributed by atoms with Gasteiger partial charge in [0.05, 0.1) is 0 Å². The van der Waals surface area contributed by atoms with E-state index in [0.717, 1.165) is 38.7 Å². The zero-order valence-corrected chi connectivity index (χ0v) is 17.2. The van der Waals surface area contributed by atoms with Crippen LogP contribution >= 0.6 is 0 Å². The van der Waals surface area contributed by atoms with Gasteiger partial charge in [0, 0.05) is 45.3 Å². The quantitative estimate of drug-likeness (QED) is 0.596. The minimum Gasteiger partial charge on any atom is -0.357 e. The molecule has 0 aliphatic carbocycles. The van der Waals surface area contributed by atoms with Crippen LogP contribution < -0.4 is 10.6 Å². The van der Waals surface area contributed by atoms with Gasteiger partial charge in [-0.25, -0.2) is 0 Å². The van der Waals surface area contributed by atoms with E-state index in [9.17, 15) is 0 Å². The van der Waals surface area contributed by atoms with Gasteiger partial charge in [-0.05, 0) is 57.7 Å². The third kappa shape index (κ3) is 6.82. The molecule has 0 radical (unpaired) electrons. The third-order valence-corrected chi connectivity index (χ3v) is 5.75. The van der Waals surface area contributed by atoms with E-state index in [4.69, 9.17) is 4.99 Å². The molecule has 150 valence electrons. The van der Waals surface area contributed by atoms with E-state index in [1.165, 1.54) is 44.3 Å². The highest BCUT2D eigenvalue weighted by Crippen LogP contribution is 2.16. The van der Waals surface area contributed by atoms with Crippen LogP contribution in [0.15, 0.2) is 35.3 Å². The molecular weight excluding hydrogens is 334 g/mol. The third-order valence-electron chi connectivity index (χ3n) is 5.75. The maximum atomic E-state index is 4.91. The first-order valence-corrected chi connectivity index (χ1v) is 10.7. The highest BCUT2D eigenvalue weighted by atomic mass is 15.2. The number of rotatable bonds is 6. The largest absolute Gasteiger partial charge is 0.357 e. The Bertz CT molecular complexity index is 565. The fraction of sp³-hybridized carbons (Fsp3) is 0.682. The molecule has 5 nitrogen and oxygen atoms in total. The van der Waals surface area contributed by atoms with Gasteiger partial charge in [0.15, 0.2) is 5.96 Å². The lowest BCUT2D eigenvalue weighted by atomic mass is 9.99. The fourth-order valence-electron chi connectivity index (χ4n) is 4.23. The van der Waals surface area contributed by atoms with Gasteiger partial charge in [-0.1, -0.05) is 30.3 Å². The summed E-state index contributed by atoms with van der Waals surface area (Å²) in [7, 11) is 2.22. The summed E-state index contributed by atoms with van der Waals surface area (Å²) in [6.45, 7) is 9.79. The molecule has 0 saturated carbocycles. The maximum absolute atomic E-state index is 4.91. The van der Waals surface area contributed by atoms with Crippen molar-refractivity contribution in [3.8, 4) is 0 Å². The monoisotopic (exact) mass is 371 g/mol. The number of likely N-dealkylation sites (tertiary alicyclic amines) is 2. The Morgan fingerprint density at radius 1 is 1.11 bits per heavy atom. The van der Waals surface area contributed by atoms with Gasteiger partial charge in [0.1, 0.15) is 0 Å². The molecule has 2 fully saturated rings. The predicted molar refractivity (Wildman–Crippen MR) is 114 cm³/mol. The minimum absolute atomic E-state index is 0.531. The van der Waals surface area contributed by atoms with Gasteiger partial charge in [0.2, 0.25) is 0 Å². The van der Waals surface area contributed by atoms with Crippen molar-refractivity contribution < 1.29 is 0 Å². The van der Waals surface area contributed by atoms with Crippen molar-refractivity contribution in [2.45, 2.75) is 45.2 Å². The maximum Gasteiger partial charge on any atom is 0.191 e. The summed E-state index contributed by atoms with van der Waals surface area (Å²) in [4.78, 5) is 9.91. The minimum atomic E-state index is 0.531. The number of benzene rings is 1. The molecule has 1 aromatic rings. The summed E-state index contributed by atoms with van der Waals surface area (Å²) in [5.41, 5.74) is 1.41. The second-order valence-corrected chi connectivity index (χ2v) is 8.17. The smallest absolute Gasteiger partial charge is 0.191 e. The van der Waals surface area contributed by atoms with Gasteiger partial charge in [-0.15, -0.1) is 0 Å². The first-order chi connectivity index (χ1) is 13.2. The Morgan fingerprint density at radius 2 is 1.89 bits per heavy atom. The van der Waals surface area contributed by atoms with Gasteiger partial charge in [-0.3, -0.25) is 9.89 Å². The SMILES string of the molecule is CCNC(=NCC1CCCN(C)C1)NC1CCN(Cc2ccccc2)CC1. The van der Waals surface area contributed by atoms with Crippen LogP contribution in [0.4, 0.5) is 0 Å². The van der Waals surface area contributed by atoms with Crippen LogP contribution in [0.2, 0.25) is 0 Å². The summed E-state index contributed by atoms with van der Waals surface area (Å²) in [6, 6.07) is 11.3. The molecule has 2 heterocycles. The van der Waals surface area contributed by atoms with Gasteiger partial charge in [-0.2, -0.15) is 0 Å². The zero-order valence-electron chi connectivity index (χ0n) is 17.2. The Balaban J connectivity index is 1.44. The molecule has 0 spiro atoms. The molecule has 0 aromatic heterocycles. The van der Waals surface area contributed by atoms with E-state index in [1.54, 1.807) is 0 Å². The van der Waals surface area contributed by atoms with Crippen molar-refractivity contribution in [3.63, 3.8) is 0 Å². The number of piperidine rings is 2. The van der Waals surface area contributed by atoms with Crippen molar-refractivity contribution in [3.05, 3.63) is 35.9 Å². The van der Waals surface area contributed by atoms with Gasteiger partial charge in [0.25, 0.3) is 0 Å². The molecule has 0 amide bonds. The summed E-state index contributed by atoms with van der Waals surface area (Å²) >= 11 is 0. The topological polar surface area (TPSA) is 42.9 Å². The second-order valence-electron chi connectivity index (χ2n) is 8.17. The number of aliphatic imine (C=N–C) groups is 1. The average molecular weight is 372 g/mol. The Kier molecular flexibility index (Phi) is 7.96. The highest BCUT2D eigenvalue weighted by molar-refractivity contribution is 5.80. The van der Waals surface area contributed by atoms with Crippen molar-refractivity contribution in [2.24, 2.45) is 10.9 Å². The van der Waals surface area contributed by atoms with Crippen LogP contribution in [0.3, 0.4) is 0 Å². The summed E-state index contributed by atoms with van der Waals surface area (Å²) in [5, 5.41) is 7.13.